The van der Waals surface area contributed by atoms with Gasteiger partial charge in [-0.15, -0.1) is 0 Å². The Balaban J connectivity index is 0.000000672. The molecule has 2 aromatic carbocycles. The molecule has 6 aromatic rings. The number of carboxylic acid groups (broad SMARTS) is 1. The molecule has 0 spiro atoms. The lowest BCUT2D eigenvalue weighted by molar-refractivity contribution is -0.192. The number of benzene rings is 2. The number of H-pyrrole nitrogens is 1. The SMILES string of the molecule is CN(C)C(=O)N1CCN(c2ncc3cc(-c4ccccc4)c(-c4ccc(CN5CCC(c6nc(-c7ccccn7)n[nH]6)CC5)cc4)nc3n2)CC1.O=C(O)C(F)(F)F. The number of hydrogen-bond donors (Lipinski definition) is 2. The molecular weight excluding hydrogens is 752 g/mol. The van der Waals surface area contributed by atoms with Crippen LogP contribution in [0.1, 0.15) is 30.1 Å². The Labute approximate surface area is 332 Å². The standard InChI is InChI=1S/C39H41N11O.C2HF3O2/c1-47(2)39(51)50-22-20-49(21-23-50)38-41-25-31-24-32(28-8-4-3-5-9-28)34(42-35(31)44-38)29-13-11-27(12-14-29)26-48-18-15-30(16-19-48)36-43-37(46-45-36)33-10-6-7-17-40-33;3-2(4,5)1(6)7/h3-14,17,24-25,30H,15-16,18-23,26H2,1-2H3,(H,43,45,46);(H,6,7). The number of nitrogens with zero attached hydrogens (tertiary/aromatic N) is 10. The van der Waals surface area contributed by atoms with E-state index in [2.05, 4.69) is 79.6 Å². The number of aromatic amines is 1. The van der Waals surface area contributed by atoms with E-state index in [4.69, 9.17) is 29.8 Å². The fraction of sp³-hybridized carbons (Fsp3) is 0.317. The molecule has 2 aliphatic heterocycles. The third-order valence-corrected chi connectivity index (χ3v) is 10.1. The molecule has 0 aliphatic carbocycles. The van der Waals surface area contributed by atoms with E-state index in [1.165, 1.54) is 5.56 Å². The Bertz CT molecular complexity index is 2330. The van der Waals surface area contributed by atoms with Crippen molar-refractivity contribution in [1.82, 2.24) is 49.8 Å². The number of halogens is 3. The van der Waals surface area contributed by atoms with Gasteiger partial charge in [-0.1, -0.05) is 60.7 Å². The molecule has 0 unspecified atom stereocenters. The van der Waals surface area contributed by atoms with E-state index in [1.54, 1.807) is 25.2 Å². The van der Waals surface area contributed by atoms with Gasteiger partial charge in [0, 0.05) is 81.6 Å². The van der Waals surface area contributed by atoms with Crippen LogP contribution in [0.5, 0.6) is 0 Å². The molecule has 2 fully saturated rings. The first kappa shape index (κ1) is 39.7. The number of likely N-dealkylation sites (tertiary alicyclic amines) is 1. The lowest BCUT2D eigenvalue weighted by atomic mass is 9.95. The number of fused-ring (bicyclic) bond motifs is 1. The van der Waals surface area contributed by atoms with Gasteiger partial charge in [0.1, 0.15) is 11.5 Å². The molecule has 14 nitrogen and oxygen atoms in total. The van der Waals surface area contributed by atoms with Crippen LogP contribution in [0.15, 0.2) is 91.3 Å². The zero-order chi connectivity index (χ0) is 40.8. The number of amides is 2. The number of alkyl halides is 3. The number of hydrogen-bond acceptors (Lipinski definition) is 10. The summed E-state index contributed by atoms with van der Waals surface area (Å²) in [6, 6.07) is 27.1. The molecule has 0 radical (unpaired) electrons. The average molecular weight is 794 g/mol. The zero-order valence-electron chi connectivity index (χ0n) is 32.0. The molecule has 6 heterocycles. The van der Waals surface area contributed by atoms with E-state index in [0.29, 0.717) is 49.5 Å². The summed E-state index contributed by atoms with van der Waals surface area (Å²) in [5.74, 6) is -0.141. The van der Waals surface area contributed by atoms with Crippen LogP contribution in [0.25, 0.3) is 44.9 Å². The van der Waals surface area contributed by atoms with Crippen LogP contribution >= 0.6 is 0 Å². The summed E-state index contributed by atoms with van der Waals surface area (Å²) in [5, 5.41) is 15.6. The minimum absolute atomic E-state index is 0.0307. The summed E-state index contributed by atoms with van der Waals surface area (Å²) in [6.07, 6.45) is 0.615. The Morgan fingerprint density at radius 2 is 1.53 bits per heavy atom. The second kappa shape index (κ2) is 17.3. The van der Waals surface area contributed by atoms with E-state index in [-0.39, 0.29) is 6.03 Å². The molecule has 0 saturated carbocycles. The van der Waals surface area contributed by atoms with Crippen LogP contribution in [0.3, 0.4) is 0 Å². The van der Waals surface area contributed by atoms with Crippen LogP contribution in [0.4, 0.5) is 23.9 Å². The van der Waals surface area contributed by atoms with E-state index in [9.17, 15) is 18.0 Å². The number of piperidine rings is 1. The smallest absolute Gasteiger partial charge is 0.475 e. The maximum atomic E-state index is 12.4. The average Bonchev–Trinajstić information content (AvgIpc) is 3.75. The van der Waals surface area contributed by atoms with Crippen molar-refractivity contribution in [2.45, 2.75) is 31.5 Å². The van der Waals surface area contributed by atoms with E-state index < -0.39 is 12.1 Å². The Hall–Kier alpha value is -6.49. The number of carboxylic acids is 1. The first-order chi connectivity index (χ1) is 27.9. The van der Waals surface area contributed by atoms with Gasteiger partial charge in [-0.2, -0.15) is 23.3 Å². The fourth-order valence-electron chi connectivity index (χ4n) is 7.00. The van der Waals surface area contributed by atoms with Crippen molar-refractivity contribution < 1.29 is 27.9 Å². The molecule has 300 valence electrons. The number of carbonyl (C=O) groups excluding carboxylic acids is 1. The molecule has 2 saturated heterocycles. The van der Waals surface area contributed by atoms with Crippen molar-refractivity contribution in [2.24, 2.45) is 0 Å². The van der Waals surface area contributed by atoms with Crippen molar-refractivity contribution >= 4 is 29.0 Å². The van der Waals surface area contributed by atoms with Crippen LogP contribution < -0.4 is 4.90 Å². The number of urea groups is 1. The number of rotatable bonds is 7. The summed E-state index contributed by atoms with van der Waals surface area (Å²) in [5.41, 5.74) is 6.80. The number of nitrogens with one attached hydrogen (secondary N) is 1. The number of anilines is 1. The normalized spacial score (nSPS) is 15.2. The lowest BCUT2D eigenvalue weighted by Crippen LogP contribution is -2.51. The Morgan fingerprint density at radius 1 is 0.845 bits per heavy atom. The lowest BCUT2D eigenvalue weighted by Gasteiger charge is -2.35. The summed E-state index contributed by atoms with van der Waals surface area (Å²) in [7, 11) is 3.57. The Kier molecular flexibility index (Phi) is 11.9. The molecule has 0 bridgehead atoms. The largest absolute Gasteiger partial charge is 0.490 e. The van der Waals surface area contributed by atoms with Gasteiger partial charge in [0.15, 0.2) is 11.5 Å². The molecule has 8 rings (SSSR count). The van der Waals surface area contributed by atoms with Gasteiger partial charge in [0.2, 0.25) is 5.95 Å². The predicted octanol–water partition coefficient (Wildman–Crippen LogP) is 6.36. The molecule has 2 N–H and O–H groups in total. The highest BCUT2D eigenvalue weighted by Gasteiger charge is 2.38. The maximum Gasteiger partial charge on any atom is 0.490 e. The van der Waals surface area contributed by atoms with Gasteiger partial charge in [0.25, 0.3) is 0 Å². The fourth-order valence-corrected chi connectivity index (χ4v) is 7.00. The van der Waals surface area contributed by atoms with Crippen molar-refractivity contribution in [3.63, 3.8) is 0 Å². The first-order valence-corrected chi connectivity index (χ1v) is 18.8. The molecule has 17 heteroatoms. The summed E-state index contributed by atoms with van der Waals surface area (Å²) in [6.45, 7) is 5.49. The number of carbonyl (C=O) groups is 2. The third-order valence-electron chi connectivity index (χ3n) is 10.1. The van der Waals surface area contributed by atoms with Gasteiger partial charge in [-0.05, 0) is 55.3 Å². The van der Waals surface area contributed by atoms with Crippen molar-refractivity contribution in [1.29, 1.82) is 0 Å². The van der Waals surface area contributed by atoms with Crippen LogP contribution in [-0.2, 0) is 11.3 Å². The third kappa shape index (κ3) is 9.37. The second-order valence-electron chi connectivity index (χ2n) is 14.3. The predicted molar refractivity (Wildman–Crippen MR) is 212 cm³/mol. The molecule has 58 heavy (non-hydrogen) atoms. The van der Waals surface area contributed by atoms with Crippen LogP contribution in [0, 0.1) is 0 Å². The molecular formula is C41H42F3N11O3. The topological polar surface area (TPSA) is 160 Å². The summed E-state index contributed by atoms with van der Waals surface area (Å²) < 4.78 is 31.7. The number of aromatic nitrogens is 7. The summed E-state index contributed by atoms with van der Waals surface area (Å²) >= 11 is 0. The summed E-state index contributed by atoms with van der Waals surface area (Å²) in [4.78, 5) is 53.4. The van der Waals surface area contributed by atoms with E-state index in [1.807, 2.05) is 35.4 Å². The molecule has 2 aliphatic rings. The van der Waals surface area contributed by atoms with Crippen molar-refractivity contribution in [2.75, 3.05) is 58.3 Å². The highest BCUT2D eigenvalue weighted by molar-refractivity contribution is 5.90. The number of pyridine rings is 2. The minimum Gasteiger partial charge on any atom is -0.475 e. The van der Waals surface area contributed by atoms with E-state index >= 15 is 0 Å². The molecule has 0 atom stereocenters. The van der Waals surface area contributed by atoms with Crippen molar-refractivity contribution in [3.8, 4) is 33.9 Å². The maximum absolute atomic E-state index is 12.4. The van der Waals surface area contributed by atoms with Gasteiger partial charge < -0.3 is 19.8 Å². The molecule has 2 amide bonds. The highest BCUT2D eigenvalue weighted by atomic mass is 19.4. The highest BCUT2D eigenvalue weighted by Crippen LogP contribution is 2.34. The first-order valence-electron chi connectivity index (χ1n) is 18.8. The van der Waals surface area contributed by atoms with Crippen LogP contribution in [0.2, 0.25) is 0 Å². The minimum atomic E-state index is -5.08. The monoisotopic (exact) mass is 793 g/mol. The molecule has 4 aromatic heterocycles. The van der Waals surface area contributed by atoms with Gasteiger partial charge in [0.05, 0.1) is 5.69 Å². The van der Waals surface area contributed by atoms with Gasteiger partial charge in [-0.25, -0.2) is 24.5 Å². The van der Waals surface area contributed by atoms with Crippen LogP contribution in [-0.4, -0.2) is 126 Å². The van der Waals surface area contributed by atoms with Gasteiger partial charge in [-0.3, -0.25) is 15.0 Å². The van der Waals surface area contributed by atoms with Gasteiger partial charge >= 0.3 is 18.2 Å². The van der Waals surface area contributed by atoms with E-state index in [0.717, 1.165) is 71.8 Å². The number of aliphatic carboxylic acids is 1. The zero-order valence-corrected chi connectivity index (χ0v) is 32.0. The number of piperazine rings is 1. The Morgan fingerprint density at radius 3 is 2.17 bits per heavy atom. The quantitative estimate of drug-likeness (QED) is 0.185. The van der Waals surface area contributed by atoms with Crippen molar-refractivity contribution in [3.05, 3.63) is 103 Å². The second-order valence-corrected chi connectivity index (χ2v) is 14.3.